The number of nitrogens with zero attached hydrogens (tertiary/aromatic N) is 2. The lowest BCUT2D eigenvalue weighted by Gasteiger charge is -2.33. The molecule has 0 heterocycles. The third-order valence-electron chi connectivity index (χ3n) is 7.56. The lowest BCUT2D eigenvalue weighted by atomic mass is 9.95. The van der Waals surface area contributed by atoms with E-state index in [-0.39, 0.29) is 23.4 Å². The Morgan fingerprint density at radius 1 is 0.927 bits per heavy atom. The monoisotopic (exact) mass is 577 g/mol. The lowest BCUT2D eigenvalue weighted by Crippen LogP contribution is -2.53. The smallest absolute Gasteiger partial charge is 0.264 e. The molecule has 41 heavy (non-hydrogen) atoms. The van der Waals surface area contributed by atoms with Crippen molar-refractivity contribution in [3.8, 4) is 5.75 Å². The minimum absolute atomic E-state index is 0.0828. The van der Waals surface area contributed by atoms with Crippen molar-refractivity contribution in [2.24, 2.45) is 0 Å². The number of aryl methyl sites for hydroxylation is 1. The Bertz CT molecular complexity index is 1400. The zero-order valence-electron chi connectivity index (χ0n) is 24.0. The van der Waals surface area contributed by atoms with E-state index >= 15 is 0 Å². The van der Waals surface area contributed by atoms with E-state index in [2.05, 4.69) is 5.32 Å². The van der Waals surface area contributed by atoms with Crippen LogP contribution in [0, 0.1) is 6.92 Å². The van der Waals surface area contributed by atoms with Gasteiger partial charge in [-0.1, -0.05) is 67.3 Å². The van der Waals surface area contributed by atoms with Gasteiger partial charge in [0.1, 0.15) is 18.3 Å². The van der Waals surface area contributed by atoms with Crippen molar-refractivity contribution in [1.29, 1.82) is 0 Å². The topological polar surface area (TPSA) is 96.0 Å². The number of rotatable bonds is 11. The summed E-state index contributed by atoms with van der Waals surface area (Å²) < 4.78 is 34.1. The molecule has 0 aliphatic heterocycles. The standard InChI is InChI=1S/C32H39N3O5S/c1-24-14-20-30(21-15-24)41(38,39)35(28-12-8-5-9-13-28)23-31(36)34(22-26-16-18-29(40-3)19-17-26)25(2)32(37)33-27-10-6-4-7-11-27/h5,8-9,12-21,25,27H,4,6-7,10-11,22-23H2,1-3H3,(H,33,37). The van der Waals surface area contributed by atoms with E-state index in [1.165, 1.54) is 4.90 Å². The zero-order valence-corrected chi connectivity index (χ0v) is 24.8. The highest BCUT2D eigenvalue weighted by atomic mass is 32.2. The Morgan fingerprint density at radius 3 is 2.17 bits per heavy atom. The summed E-state index contributed by atoms with van der Waals surface area (Å²) in [6.45, 7) is 3.25. The van der Waals surface area contributed by atoms with Crippen molar-refractivity contribution < 1.29 is 22.7 Å². The second kappa shape index (κ2) is 13.7. The lowest BCUT2D eigenvalue weighted by molar-refractivity contribution is -0.139. The van der Waals surface area contributed by atoms with Crippen LogP contribution in [0.5, 0.6) is 5.75 Å². The molecule has 0 radical (unpaired) electrons. The molecule has 0 saturated heterocycles. The molecule has 1 fully saturated rings. The van der Waals surface area contributed by atoms with Gasteiger partial charge in [0.05, 0.1) is 17.7 Å². The van der Waals surface area contributed by atoms with E-state index in [4.69, 9.17) is 4.74 Å². The largest absolute Gasteiger partial charge is 0.497 e. The van der Waals surface area contributed by atoms with Crippen LogP contribution in [0.15, 0.2) is 83.8 Å². The van der Waals surface area contributed by atoms with Crippen LogP contribution < -0.4 is 14.4 Å². The van der Waals surface area contributed by atoms with Gasteiger partial charge in [-0.15, -0.1) is 0 Å². The molecule has 1 aliphatic rings. The number of hydrogen-bond donors (Lipinski definition) is 1. The van der Waals surface area contributed by atoms with Crippen molar-refractivity contribution in [2.45, 2.75) is 69.5 Å². The van der Waals surface area contributed by atoms with Crippen LogP contribution in [0.1, 0.15) is 50.2 Å². The average molecular weight is 578 g/mol. The molecule has 3 aromatic carbocycles. The van der Waals surface area contributed by atoms with Crippen molar-refractivity contribution in [3.63, 3.8) is 0 Å². The van der Waals surface area contributed by atoms with Crippen LogP contribution in [0.2, 0.25) is 0 Å². The summed E-state index contributed by atoms with van der Waals surface area (Å²) in [6.07, 6.45) is 5.13. The van der Waals surface area contributed by atoms with Gasteiger partial charge in [-0.3, -0.25) is 13.9 Å². The summed E-state index contributed by atoms with van der Waals surface area (Å²) >= 11 is 0. The molecule has 3 aromatic rings. The summed E-state index contributed by atoms with van der Waals surface area (Å²) in [5.41, 5.74) is 2.09. The molecular formula is C32H39N3O5S. The van der Waals surface area contributed by atoms with Crippen LogP contribution >= 0.6 is 0 Å². The first-order chi connectivity index (χ1) is 19.7. The molecule has 4 rings (SSSR count). The Balaban J connectivity index is 1.65. The highest BCUT2D eigenvalue weighted by Crippen LogP contribution is 2.25. The molecule has 0 aromatic heterocycles. The molecule has 1 saturated carbocycles. The number of carbonyl (C=O) groups excluding carboxylic acids is 2. The SMILES string of the molecule is COc1ccc(CN(C(=O)CN(c2ccccc2)S(=O)(=O)c2ccc(C)cc2)C(C)C(=O)NC2CCCCC2)cc1. The molecule has 1 unspecified atom stereocenters. The van der Waals surface area contributed by atoms with Gasteiger partial charge in [-0.25, -0.2) is 8.42 Å². The molecule has 1 atom stereocenters. The number of carbonyl (C=O) groups is 2. The van der Waals surface area contributed by atoms with E-state index in [0.717, 1.165) is 47.5 Å². The summed E-state index contributed by atoms with van der Waals surface area (Å²) in [4.78, 5) is 29.0. The van der Waals surface area contributed by atoms with E-state index in [0.29, 0.717) is 11.4 Å². The number of para-hydroxylation sites is 1. The maximum absolute atomic E-state index is 14.0. The van der Waals surface area contributed by atoms with E-state index < -0.39 is 28.5 Å². The average Bonchev–Trinajstić information content (AvgIpc) is 2.99. The molecule has 8 nitrogen and oxygen atoms in total. The maximum Gasteiger partial charge on any atom is 0.264 e. The first-order valence-electron chi connectivity index (χ1n) is 14.1. The van der Waals surface area contributed by atoms with Crippen LogP contribution in [-0.4, -0.2) is 50.9 Å². The maximum atomic E-state index is 14.0. The fourth-order valence-corrected chi connectivity index (χ4v) is 6.45. The minimum atomic E-state index is -4.08. The Labute approximate surface area is 243 Å². The summed E-state index contributed by atoms with van der Waals surface area (Å²) in [6, 6.07) is 21.6. The van der Waals surface area contributed by atoms with Gasteiger partial charge in [0.15, 0.2) is 0 Å². The fraction of sp³-hybridized carbons (Fsp3) is 0.375. The Morgan fingerprint density at radius 2 is 1.56 bits per heavy atom. The Hall–Kier alpha value is -3.85. The minimum Gasteiger partial charge on any atom is -0.497 e. The number of methoxy groups -OCH3 is 1. The predicted octanol–water partition coefficient (Wildman–Crippen LogP) is 5.07. The van der Waals surface area contributed by atoms with Crippen LogP contribution in [0.25, 0.3) is 0 Å². The summed E-state index contributed by atoms with van der Waals surface area (Å²) in [7, 11) is -2.50. The van der Waals surface area contributed by atoms with E-state index in [1.54, 1.807) is 80.8 Å². The van der Waals surface area contributed by atoms with Crippen molar-refractivity contribution in [1.82, 2.24) is 10.2 Å². The molecule has 218 valence electrons. The second-order valence-electron chi connectivity index (χ2n) is 10.5. The third-order valence-corrected chi connectivity index (χ3v) is 9.35. The van der Waals surface area contributed by atoms with Crippen molar-refractivity contribution >= 4 is 27.5 Å². The fourth-order valence-electron chi connectivity index (χ4n) is 5.04. The molecule has 0 spiro atoms. The normalized spacial score (nSPS) is 14.6. The molecule has 0 bridgehead atoms. The number of hydrogen-bond acceptors (Lipinski definition) is 5. The third kappa shape index (κ3) is 7.67. The van der Waals surface area contributed by atoms with Gasteiger partial charge in [0.2, 0.25) is 11.8 Å². The van der Waals surface area contributed by atoms with Gasteiger partial charge < -0.3 is 15.0 Å². The van der Waals surface area contributed by atoms with Gasteiger partial charge in [0, 0.05) is 12.6 Å². The number of anilines is 1. The van der Waals surface area contributed by atoms with Crippen LogP contribution in [0.3, 0.4) is 0 Å². The molecular weight excluding hydrogens is 538 g/mol. The summed E-state index contributed by atoms with van der Waals surface area (Å²) in [5.74, 6) is -0.0489. The highest BCUT2D eigenvalue weighted by molar-refractivity contribution is 7.92. The molecule has 1 aliphatic carbocycles. The number of ether oxygens (including phenoxy) is 1. The van der Waals surface area contributed by atoms with Gasteiger partial charge in [-0.2, -0.15) is 0 Å². The van der Waals surface area contributed by atoms with Crippen molar-refractivity contribution in [3.05, 3.63) is 90.0 Å². The van der Waals surface area contributed by atoms with Gasteiger partial charge in [0.25, 0.3) is 10.0 Å². The van der Waals surface area contributed by atoms with Gasteiger partial charge in [-0.05, 0) is 68.7 Å². The number of sulfonamides is 1. The Kier molecular flexibility index (Phi) is 10.0. The van der Waals surface area contributed by atoms with Crippen molar-refractivity contribution in [2.75, 3.05) is 18.0 Å². The predicted molar refractivity (Wildman–Crippen MR) is 160 cm³/mol. The van der Waals surface area contributed by atoms with Crippen LogP contribution in [-0.2, 0) is 26.2 Å². The highest BCUT2D eigenvalue weighted by Gasteiger charge is 2.33. The summed E-state index contributed by atoms with van der Waals surface area (Å²) in [5, 5.41) is 3.12. The molecule has 2 amide bonds. The first-order valence-corrected chi connectivity index (χ1v) is 15.5. The second-order valence-corrected chi connectivity index (χ2v) is 12.4. The number of amides is 2. The van der Waals surface area contributed by atoms with E-state index in [9.17, 15) is 18.0 Å². The van der Waals surface area contributed by atoms with Gasteiger partial charge >= 0.3 is 0 Å². The van der Waals surface area contributed by atoms with Crippen LogP contribution in [0.4, 0.5) is 5.69 Å². The number of nitrogens with one attached hydrogen (secondary N) is 1. The molecule has 1 N–H and O–H groups in total. The first kappa shape index (κ1) is 30.1. The quantitative estimate of drug-likeness (QED) is 0.344. The van der Waals surface area contributed by atoms with E-state index in [1.807, 2.05) is 19.1 Å². The molecule has 9 heteroatoms. The zero-order chi connectivity index (χ0) is 29.4. The number of benzene rings is 3.